The number of imidazole rings is 1. The fraction of sp³-hybridized carbons (Fsp3) is 0.462. The minimum Gasteiger partial charge on any atom is -0.368 e. The van der Waals surface area contributed by atoms with Gasteiger partial charge in [0.05, 0.1) is 11.2 Å². The molecule has 0 bridgehead atoms. The molecule has 1 saturated carbocycles. The predicted molar refractivity (Wildman–Crippen MR) is 66.0 cm³/mol. The zero-order valence-electron chi connectivity index (χ0n) is 9.83. The van der Waals surface area contributed by atoms with Crippen molar-refractivity contribution in [2.24, 2.45) is 0 Å². The number of aromatic nitrogens is 2. The molecule has 16 heavy (non-hydrogen) atoms. The van der Waals surface area contributed by atoms with Crippen molar-refractivity contribution in [1.29, 1.82) is 0 Å². The molecule has 1 aliphatic carbocycles. The molecule has 1 N–H and O–H groups in total. The summed E-state index contributed by atoms with van der Waals surface area (Å²) in [6.07, 6.45) is 3.56. The van der Waals surface area contributed by atoms with Crippen LogP contribution in [0.25, 0.3) is 5.52 Å². The molecule has 0 saturated heterocycles. The lowest BCUT2D eigenvalue weighted by Crippen LogP contribution is -2.07. The van der Waals surface area contributed by atoms with Crippen molar-refractivity contribution < 1.29 is 0 Å². The molecule has 0 atom stereocenters. The summed E-state index contributed by atoms with van der Waals surface area (Å²) in [5, 5.41) is 3.57. The van der Waals surface area contributed by atoms with Crippen molar-refractivity contribution in [1.82, 2.24) is 9.38 Å². The fourth-order valence-electron chi connectivity index (χ4n) is 2.16. The summed E-state index contributed by atoms with van der Waals surface area (Å²) in [6.45, 7) is 4.23. The minimum absolute atomic E-state index is 0.679. The van der Waals surface area contributed by atoms with Crippen molar-refractivity contribution in [2.45, 2.75) is 39.2 Å². The topological polar surface area (TPSA) is 29.3 Å². The van der Waals surface area contributed by atoms with E-state index >= 15 is 0 Å². The Labute approximate surface area is 95.5 Å². The molecule has 2 aromatic rings. The maximum atomic E-state index is 4.62. The lowest BCUT2D eigenvalue weighted by atomic mass is 10.3. The molecular weight excluding hydrogens is 198 g/mol. The average molecular weight is 215 g/mol. The molecule has 0 aromatic carbocycles. The van der Waals surface area contributed by atoms with Crippen molar-refractivity contribution in [2.75, 3.05) is 5.32 Å². The number of hydrogen-bond acceptors (Lipinski definition) is 2. The first-order valence-electron chi connectivity index (χ1n) is 6.03. The SMILES string of the molecule is CCc1nc(C)c2cccc(NC3CC3)n12. The van der Waals surface area contributed by atoms with E-state index in [1.807, 2.05) is 0 Å². The Bertz CT molecular complexity index is 523. The Morgan fingerprint density at radius 1 is 1.44 bits per heavy atom. The Hall–Kier alpha value is -1.51. The number of nitrogens with one attached hydrogen (secondary N) is 1. The molecule has 2 aromatic heterocycles. The van der Waals surface area contributed by atoms with Gasteiger partial charge in [-0.05, 0) is 31.9 Å². The summed E-state index contributed by atoms with van der Waals surface area (Å²) in [5.41, 5.74) is 2.35. The van der Waals surface area contributed by atoms with Gasteiger partial charge in [-0.2, -0.15) is 0 Å². The molecule has 3 rings (SSSR count). The van der Waals surface area contributed by atoms with Crippen LogP contribution in [0.2, 0.25) is 0 Å². The standard InChI is InChI=1S/C13H17N3/c1-3-12-14-9(2)11-5-4-6-13(16(11)12)15-10-7-8-10/h4-6,10,15H,3,7-8H2,1-2H3. The van der Waals surface area contributed by atoms with Crippen molar-refractivity contribution in [3.8, 4) is 0 Å². The number of nitrogens with zero attached hydrogens (tertiary/aromatic N) is 2. The lowest BCUT2D eigenvalue weighted by Gasteiger charge is -2.09. The molecule has 0 radical (unpaired) electrons. The zero-order chi connectivity index (χ0) is 11.1. The Balaban J connectivity index is 2.17. The molecule has 3 heteroatoms. The van der Waals surface area contributed by atoms with E-state index in [1.54, 1.807) is 0 Å². The molecule has 0 unspecified atom stereocenters. The van der Waals surface area contributed by atoms with Crippen LogP contribution in [0.4, 0.5) is 5.82 Å². The second kappa shape index (κ2) is 3.51. The third-order valence-corrected chi connectivity index (χ3v) is 3.16. The summed E-state index contributed by atoms with van der Waals surface area (Å²) in [7, 11) is 0. The molecule has 3 nitrogen and oxygen atoms in total. The van der Waals surface area contributed by atoms with E-state index in [2.05, 4.69) is 46.7 Å². The zero-order valence-corrected chi connectivity index (χ0v) is 9.83. The number of hydrogen-bond donors (Lipinski definition) is 1. The Morgan fingerprint density at radius 2 is 2.25 bits per heavy atom. The van der Waals surface area contributed by atoms with E-state index in [9.17, 15) is 0 Å². The number of fused-ring (bicyclic) bond motifs is 1. The van der Waals surface area contributed by atoms with Crippen LogP contribution in [0.5, 0.6) is 0 Å². The minimum atomic E-state index is 0.679. The van der Waals surface area contributed by atoms with Gasteiger partial charge < -0.3 is 5.32 Å². The van der Waals surface area contributed by atoms with Crippen molar-refractivity contribution in [3.63, 3.8) is 0 Å². The van der Waals surface area contributed by atoms with Gasteiger partial charge in [-0.25, -0.2) is 4.98 Å². The third-order valence-electron chi connectivity index (χ3n) is 3.16. The van der Waals surface area contributed by atoms with E-state index in [0.717, 1.165) is 17.9 Å². The largest absolute Gasteiger partial charge is 0.368 e. The molecule has 1 aliphatic rings. The maximum absolute atomic E-state index is 4.62. The number of pyridine rings is 1. The van der Waals surface area contributed by atoms with Gasteiger partial charge in [0, 0.05) is 12.5 Å². The van der Waals surface area contributed by atoms with Crippen LogP contribution in [0.15, 0.2) is 18.2 Å². The summed E-state index contributed by atoms with van der Waals surface area (Å²) in [6, 6.07) is 7.07. The highest BCUT2D eigenvalue weighted by atomic mass is 15.1. The molecule has 0 amide bonds. The highest BCUT2D eigenvalue weighted by Gasteiger charge is 2.22. The van der Waals surface area contributed by atoms with Crippen molar-refractivity contribution in [3.05, 3.63) is 29.7 Å². The second-order valence-corrected chi connectivity index (χ2v) is 4.52. The highest BCUT2D eigenvalue weighted by Crippen LogP contribution is 2.26. The van der Waals surface area contributed by atoms with Gasteiger partial charge in [-0.15, -0.1) is 0 Å². The van der Waals surface area contributed by atoms with Gasteiger partial charge in [0.25, 0.3) is 0 Å². The smallest absolute Gasteiger partial charge is 0.114 e. The van der Waals surface area contributed by atoms with Crippen LogP contribution in [0.3, 0.4) is 0 Å². The number of rotatable bonds is 3. The first-order chi connectivity index (χ1) is 7.79. The molecule has 84 valence electrons. The van der Waals surface area contributed by atoms with E-state index in [-0.39, 0.29) is 0 Å². The molecular formula is C13H17N3. The van der Waals surface area contributed by atoms with Crippen LogP contribution in [-0.2, 0) is 6.42 Å². The van der Waals surface area contributed by atoms with Crippen LogP contribution >= 0.6 is 0 Å². The van der Waals surface area contributed by atoms with Gasteiger partial charge in [-0.1, -0.05) is 13.0 Å². The lowest BCUT2D eigenvalue weighted by molar-refractivity contribution is 0.922. The van der Waals surface area contributed by atoms with Crippen LogP contribution < -0.4 is 5.32 Å². The van der Waals surface area contributed by atoms with E-state index < -0.39 is 0 Å². The first kappa shape index (κ1) is 9.70. The molecule has 2 heterocycles. The quantitative estimate of drug-likeness (QED) is 0.853. The normalized spacial score (nSPS) is 15.6. The number of aryl methyl sites for hydroxylation is 2. The summed E-state index contributed by atoms with van der Waals surface area (Å²) in [5.74, 6) is 2.34. The number of anilines is 1. The Kier molecular flexibility index (Phi) is 2.13. The van der Waals surface area contributed by atoms with E-state index in [0.29, 0.717) is 6.04 Å². The van der Waals surface area contributed by atoms with Gasteiger partial charge in [0.1, 0.15) is 11.6 Å². The first-order valence-corrected chi connectivity index (χ1v) is 6.03. The maximum Gasteiger partial charge on any atom is 0.114 e. The average Bonchev–Trinajstić information content (AvgIpc) is 3.04. The van der Waals surface area contributed by atoms with Crippen LogP contribution in [-0.4, -0.2) is 15.4 Å². The summed E-state index contributed by atoms with van der Waals surface area (Å²) in [4.78, 5) is 4.62. The van der Waals surface area contributed by atoms with E-state index in [1.165, 1.54) is 24.2 Å². The Morgan fingerprint density at radius 3 is 2.94 bits per heavy atom. The van der Waals surface area contributed by atoms with Crippen LogP contribution in [0.1, 0.15) is 31.3 Å². The van der Waals surface area contributed by atoms with Crippen LogP contribution in [0, 0.1) is 6.92 Å². The molecule has 1 fully saturated rings. The highest BCUT2D eigenvalue weighted by molar-refractivity contribution is 5.59. The van der Waals surface area contributed by atoms with Crippen molar-refractivity contribution >= 4 is 11.3 Å². The van der Waals surface area contributed by atoms with Gasteiger partial charge in [0.2, 0.25) is 0 Å². The predicted octanol–water partition coefficient (Wildman–Crippen LogP) is 2.78. The summed E-state index contributed by atoms with van der Waals surface area (Å²) < 4.78 is 2.26. The molecule has 0 aliphatic heterocycles. The van der Waals surface area contributed by atoms with E-state index in [4.69, 9.17) is 0 Å². The monoisotopic (exact) mass is 215 g/mol. The molecule has 0 spiro atoms. The van der Waals surface area contributed by atoms with Gasteiger partial charge in [0.15, 0.2) is 0 Å². The van der Waals surface area contributed by atoms with Gasteiger partial charge in [-0.3, -0.25) is 4.40 Å². The summed E-state index contributed by atoms with van der Waals surface area (Å²) >= 11 is 0. The fourth-order valence-corrected chi connectivity index (χ4v) is 2.16. The second-order valence-electron chi connectivity index (χ2n) is 4.52. The third kappa shape index (κ3) is 1.47. The van der Waals surface area contributed by atoms with Gasteiger partial charge >= 0.3 is 0 Å².